The quantitative estimate of drug-likeness (QED) is 0.275. The van der Waals surface area contributed by atoms with Gasteiger partial charge in [-0.25, -0.2) is 4.98 Å². The van der Waals surface area contributed by atoms with Crippen LogP contribution in [0.1, 0.15) is 43.0 Å². The number of thiazole rings is 1. The molecule has 0 aliphatic carbocycles. The van der Waals surface area contributed by atoms with Crippen LogP contribution in [0, 0.1) is 13.8 Å². The summed E-state index contributed by atoms with van der Waals surface area (Å²) in [5.74, 6) is 0.160. The zero-order valence-electron chi connectivity index (χ0n) is 22.0. The second-order valence-electron chi connectivity index (χ2n) is 11.0. The monoisotopic (exact) mass is 537 g/mol. The van der Waals surface area contributed by atoms with Gasteiger partial charge < -0.3 is 0 Å². The lowest BCUT2D eigenvalue weighted by atomic mass is 9.88. The average Bonchev–Trinajstić information content (AvgIpc) is 3.51. The minimum Gasteiger partial charge on any atom is -0.299 e. The smallest absolute Gasteiger partial charge is 0.269 e. The van der Waals surface area contributed by atoms with Crippen LogP contribution >= 0.6 is 23.1 Å². The van der Waals surface area contributed by atoms with Gasteiger partial charge in [-0.1, -0.05) is 18.2 Å². The summed E-state index contributed by atoms with van der Waals surface area (Å²) in [5, 5.41) is 0.942. The van der Waals surface area contributed by atoms with Crippen LogP contribution in [0.15, 0.2) is 60.7 Å². The van der Waals surface area contributed by atoms with E-state index in [-0.39, 0.29) is 17.6 Å². The lowest BCUT2D eigenvalue weighted by molar-refractivity contribution is -0.124. The summed E-state index contributed by atoms with van der Waals surface area (Å²) in [6.07, 6.45) is 2.16. The Morgan fingerprint density at radius 1 is 0.895 bits per heavy atom. The first kappa shape index (κ1) is 23.7. The summed E-state index contributed by atoms with van der Waals surface area (Å²) in [6, 6.07) is 18.5. The number of fused-ring (bicyclic) bond motifs is 2. The molecule has 2 amide bonds. The molecule has 190 valence electrons. The molecule has 1 fully saturated rings. The maximum atomic E-state index is 14.5. The first-order chi connectivity index (χ1) is 18.1. The van der Waals surface area contributed by atoms with E-state index in [4.69, 9.17) is 4.98 Å². The van der Waals surface area contributed by atoms with E-state index in [9.17, 15) is 9.59 Å². The molecule has 0 N–H and O–H groups in total. The molecule has 0 saturated carbocycles. The highest BCUT2D eigenvalue weighted by molar-refractivity contribution is 8.02. The minimum atomic E-state index is -1.11. The SMILES string of the molecule is CC1=CC(C)(C)N2C(=O)C3(SCC(=O)N3c3ccc(-c4nc5ccc(C)cc5s4)cc3)c3cc(C)cc1c32. The fourth-order valence-corrected chi connectivity index (χ4v) is 8.62. The summed E-state index contributed by atoms with van der Waals surface area (Å²) in [6.45, 7) is 10.4. The van der Waals surface area contributed by atoms with Crippen LogP contribution in [0.4, 0.5) is 11.4 Å². The molecule has 1 aromatic heterocycles. The summed E-state index contributed by atoms with van der Waals surface area (Å²) >= 11 is 3.10. The average molecular weight is 538 g/mol. The van der Waals surface area contributed by atoms with Gasteiger partial charge in [0.15, 0.2) is 0 Å². The second-order valence-corrected chi connectivity index (χ2v) is 13.2. The van der Waals surface area contributed by atoms with Crippen LogP contribution in [0.25, 0.3) is 26.4 Å². The Hall–Kier alpha value is -3.42. The Morgan fingerprint density at radius 3 is 2.42 bits per heavy atom. The molecule has 4 heterocycles. The van der Waals surface area contributed by atoms with Gasteiger partial charge >= 0.3 is 0 Å². The predicted octanol–water partition coefficient (Wildman–Crippen LogP) is 7.06. The van der Waals surface area contributed by atoms with Crippen molar-refractivity contribution < 1.29 is 9.59 Å². The van der Waals surface area contributed by atoms with Gasteiger partial charge in [0.2, 0.25) is 10.8 Å². The van der Waals surface area contributed by atoms with Gasteiger partial charge in [-0.05, 0) is 93.8 Å². The fraction of sp³-hybridized carbons (Fsp3) is 0.258. The topological polar surface area (TPSA) is 53.5 Å². The van der Waals surface area contributed by atoms with Crippen LogP contribution < -0.4 is 9.80 Å². The first-order valence-electron chi connectivity index (χ1n) is 12.7. The minimum absolute atomic E-state index is 0.0467. The summed E-state index contributed by atoms with van der Waals surface area (Å²) in [7, 11) is 0. The standard InChI is InChI=1S/C31H27N3O2S2/c1-17-6-11-24-25(14-17)38-28(32-24)20-7-9-21(10-8-20)33-26(35)16-37-31(33)23-13-18(2)12-22-19(3)15-30(4,5)34(27(22)23)29(31)36/h6-15H,16H2,1-5H3. The maximum absolute atomic E-state index is 14.5. The summed E-state index contributed by atoms with van der Waals surface area (Å²) in [5.41, 5.74) is 8.61. The molecule has 38 heavy (non-hydrogen) atoms. The zero-order valence-corrected chi connectivity index (χ0v) is 23.6. The molecule has 1 atom stereocenters. The number of anilines is 2. The number of allylic oxidation sites excluding steroid dienone is 1. The van der Waals surface area contributed by atoms with E-state index >= 15 is 0 Å². The number of carbonyl (C=O) groups excluding carboxylic acids is 2. The highest BCUT2D eigenvalue weighted by atomic mass is 32.2. The summed E-state index contributed by atoms with van der Waals surface area (Å²) in [4.78, 5) is 35.3. The Labute approximate surface area is 230 Å². The maximum Gasteiger partial charge on any atom is 0.269 e. The summed E-state index contributed by atoms with van der Waals surface area (Å²) < 4.78 is 1.16. The number of rotatable bonds is 2. The second kappa shape index (κ2) is 7.80. The number of hydrogen-bond acceptors (Lipinski definition) is 5. The van der Waals surface area contributed by atoms with E-state index in [2.05, 4.69) is 71.0 Å². The van der Waals surface area contributed by atoms with E-state index in [1.54, 1.807) is 16.2 Å². The van der Waals surface area contributed by atoms with Crippen molar-refractivity contribution in [3.8, 4) is 10.6 Å². The van der Waals surface area contributed by atoms with E-state index in [1.807, 2.05) is 29.2 Å². The molecular formula is C31H27N3O2S2. The number of aryl methyl sites for hydroxylation is 2. The van der Waals surface area contributed by atoms with Crippen molar-refractivity contribution in [1.82, 2.24) is 4.98 Å². The van der Waals surface area contributed by atoms with Gasteiger partial charge in [-0.3, -0.25) is 19.4 Å². The van der Waals surface area contributed by atoms with Crippen LogP contribution in [0.5, 0.6) is 0 Å². The predicted molar refractivity (Wildman–Crippen MR) is 158 cm³/mol. The van der Waals surface area contributed by atoms with Gasteiger partial charge in [0.25, 0.3) is 5.91 Å². The van der Waals surface area contributed by atoms with E-state index in [0.717, 1.165) is 54.4 Å². The fourth-order valence-electron chi connectivity index (χ4n) is 6.23. The lowest BCUT2D eigenvalue weighted by Gasteiger charge is -2.40. The zero-order chi connectivity index (χ0) is 26.6. The molecule has 3 aliphatic heterocycles. The Bertz CT molecular complexity index is 1730. The van der Waals surface area contributed by atoms with Crippen molar-refractivity contribution in [2.75, 3.05) is 15.6 Å². The van der Waals surface area contributed by atoms with Crippen molar-refractivity contribution in [1.29, 1.82) is 0 Å². The third-order valence-corrected chi connectivity index (χ3v) is 10.2. The third kappa shape index (κ3) is 3.09. The normalized spacial score (nSPS) is 21.6. The van der Waals surface area contributed by atoms with Gasteiger partial charge in [0, 0.05) is 22.4 Å². The molecule has 4 aromatic rings. The third-order valence-electron chi connectivity index (χ3n) is 7.79. The molecule has 7 rings (SSSR count). The molecule has 0 radical (unpaired) electrons. The number of aromatic nitrogens is 1. The van der Waals surface area contributed by atoms with Crippen molar-refractivity contribution in [2.24, 2.45) is 0 Å². The van der Waals surface area contributed by atoms with Crippen molar-refractivity contribution in [3.63, 3.8) is 0 Å². The van der Waals surface area contributed by atoms with Crippen molar-refractivity contribution in [3.05, 3.63) is 82.9 Å². The van der Waals surface area contributed by atoms with Crippen molar-refractivity contribution in [2.45, 2.75) is 45.0 Å². The van der Waals surface area contributed by atoms with Crippen LogP contribution in [-0.4, -0.2) is 28.1 Å². The highest BCUT2D eigenvalue weighted by Gasteiger charge is 2.64. The number of carbonyl (C=O) groups is 2. The van der Waals surface area contributed by atoms with E-state index < -0.39 is 10.4 Å². The first-order valence-corrected chi connectivity index (χ1v) is 14.5. The van der Waals surface area contributed by atoms with E-state index in [1.165, 1.54) is 17.3 Å². The molecule has 0 bridgehead atoms. The van der Waals surface area contributed by atoms with Gasteiger partial charge in [-0.2, -0.15) is 0 Å². The van der Waals surface area contributed by atoms with Gasteiger partial charge in [0.1, 0.15) is 5.01 Å². The molecule has 1 unspecified atom stereocenters. The van der Waals surface area contributed by atoms with Crippen molar-refractivity contribution >= 4 is 62.1 Å². The largest absolute Gasteiger partial charge is 0.299 e. The number of thioether (sulfide) groups is 1. The van der Waals surface area contributed by atoms with E-state index in [0.29, 0.717) is 0 Å². The lowest BCUT2D eigenvalue weighted by Crippen LogP contribution is -2.54. The number of nitrogens with zero attached hydrogens (tertiary/aromatic N) is 3. The molecule has 7 heteroatoms. The molecule has 1 saturated heterocycles. The molecular weight excluding hydrogens is 510 g/mol. The number of amides is 2. The Kier molecular flexibility index (Phi) is 4.86. The van der Waals surface area contributed by atoms with Crippen LogP contribution in [0.2, 0.25) is 0 Å². The molecule has 3 aliphatic rings. The number of benzene rings is 3. The van der Waals surface area contributed by atoms with Gasteiger partial charge in [0.05, 0.1) is 27.2 Å². The van der Waals surface area contributed by atoms with Crippen LogP contribution in [0.3, 0.4) is 0 Å². The molecule has 1 spiro atoms. The van der Waals surface area contributed by atoms with Gasteiger partial charge in [-0.15, -0.1) is 23.1 Å². The Balaban J connectivity index is 1.36. The highest BCUT2D eigenvalue weighted by Crippen LogP contribution is 2.60. The Morgan fingerprint density at radius 2 is 1.66 bits per heavy atom. The van der Waals surface area contributed by atoms with Crippen LogP contribution in [-0.2, 0) is 14.5 Å². The molecule has 5 nitrogen and oxygen atoms in total. The molecule has 3 aromatic carbocycles. The number of hydrogen-bond donors (Lipinski definition) is 0.